The number of rotatable bonds is 1. The van der Waals surface area contributed by atoms with Crippen molar-refractivity contribution in [1.29, 1.82) is 0 Å². The average Bonchev–Trinajstić information content (AvgIpc) is 2.15. The predicted molar refractivity (Wildman–Crippen MR) is 63.1 cm³/mol. The van der Waals surface area contributed by atoms with Gasteiger partial charge in [0.1, 0.15) is 0 Å². The van der Waals surface area contributed by atoms with Crippen LogP contribution in [0.2, 0.25) is 10.0 Å². The molecule has 0 atom stereocenters. The van der Waals surface area contributed by atoms with E-state index >= 15 is 0 Å². The molecule has 0 fully saturated rings. The lowest BCUT2D eigenvalue weighted by Crippen LogP contribution is -2.22. The van der Waals surface area contributed by atoms with Gasteiger partial charge >= 0.3 is 5.69 Å². The van der Waals surface area contributed by atoms with E-state index in [1.165, 1.54) is 6.20 Å². The van der Waals surface area contributed by atoms with Crippen LogP contribution >= 0.6 is 23.2 Å². The molecule has 1 aromatic carbocycles. The molecule has 0 saturated heterocycles. The van der Waals surface area contributed by atoms with Crippen molar-refractivity contribution in [3.8, 4) is 11.1 Å². The van der Waals surface area contributed by atoms with Gasteiger partial charge in [-0.15, -0.1) is 0 Å². The molecular weight excluding hydrogens is 251 g/mol. The van der Waals surface area contributed by atoms with Gasteiger partial charge in [0.2, 0.25) is 0 Å². The number of H-pyrrole nitrogens is 2. The Labute approximate surface area is 99.9 Å². The first-order chi connectivity index (χ1) is 7.56. The molecule has 2 rings (SSSR count). The van der Waals surface area contributed by atoms with E-state index in [-0.39, 0.29) is 0 Å². The molecule has 0 saturated carbocycles. The van der Waals surface area contributed by atoms with Gasteiger partial charge < -0.3 is 4.98 Å². The van der Waals surface area contributed by atoms with E-state index in [0.717, 1.165) is 0 Å². The number of hydrogen-bond donors (Lipinski definition) is 2. The van der Waals surface area contributed by atoms with Crippen molar-refractivity contribution in [1.82, 2.24) is 9.97 Å². The Morgan fingerprint density at radius 2 is 1.62 bits per heavy atom. The molecule has 1 aromatic heterocycles. The van der Waals surface area contributed by atoms with E-state index in [0.29, 0.717) is 21.2 Å². The minimum absolute atomic E-state index is 0.309. The molecule has 2 N–H and O–H groups in total. The quantitative estimate of drug-likeness (QED) is 0.820. The minimum Gasteiger partial charge on any atom is -0.313 e. The number of aromatic amines is 2. The summed E-state index contributed by atoms with van der Waals surface area (Å²) >= 11 is 11.6. The predicted octanol–water partition coefficient (Wildman–Crippen LogP) is 2.04. The van der Waals surface area contributed by atoms with Crippen LogP contribution in [0.15, 0.2) is 34.0 Å². The first kappa shape index (κ1) is 11.0. The molecule has 0 spiro atoms. The second-order valence-corrected chi connectivity index (χ2v) is 4.02. The first-order valence-electron chi connectivity index (χ1n) is 4.35. The highest BCUT2D eigenvalue weighted by molar-refractivity contribution is 6.35. The van der Waals surface area contributed by atoms with Gasteiger partial charge in [0.25, 0.3) is 5.56 Å². The van der Waals surface area contributed by atoms with Gasteiger partial charge in [-0.2, -0.15) is 0 Å². The summed E-state index contributed by atoms with van der Waals surface area (Å²) in [7, 11) is 0. The number of halogens is 2. The Balaban J connectivity index is 2.67. The van der Waals surface area contributed by atoms with Gasteiger partial charge in [-0.25, -0.2) is 4.79 Å². The van der Waals surface area contributed by atoms with Crippen LogP contribution in [0.5, 0.6) is 0 Å². The standard InChI is InChI=1S/C10H6Cl2N2O2/c11-6-1-5(2-7(12)3-6)8-4-13-10(16)14-9(8)15/h1-4H,(H2,13,14,15,16). The molecular formula is C10H6Cl2N2O2. The van der Waals surface area contributed by atoms with Crippen molar-refractivity contribution < 1.29 is 0 Å². The van der Waals surface area contributed by atoms with Gasteiger partial charge in [0.05, 0.1) is 5.56 Å². The van der Waals surface area contributed by atoms with E-state index in [2.05, 4.69) is 9.97 Å². The van der Waals surface area contributed by atoms with Crippen LogP contribution in [0.1, 0.15) is 0 Å². The average molecular weight is 257 g/mol. The Kier molecular flexibility index (Phi) is 2.85. The van der Waals surface area contributed by atoms with Gasteiger partial charge in [-0.3, -0.25) is 9.78 Å². The van der Waals surface area contributed by atoms with Crippen molar-refractivity contribution in [2.45, 2.75) is 0 Å². The molecule has 0 aliphatic heterocycles. The molecule has 0 unspecified atom stereocenters. The third-order valence-electron chi connectivity index (χ3n) is 1.99. The number of benzene rings is 1. The molecule has 0 amide bonds. The number of hydrogen-bond acceptors (Lipinski definition) is 2. The highest BCUT2D eigenvalue weighted by atomic mass is 35.5. The van der Waals surface area contributed by atoms with Gasteiger partial charge in [-0.1, -0.05) is 23.2 Å². The summed E-state index contributed by atoms with van der Waals surface area (Å²) in [5.74, 6) is 0. The summed E-state index contributed by atoms with van der Waals surface area (Å²) < 4.78 is 0. The third kappa shape index (κ3) is 2.18. The lowest BCUT2D eigenvalue weighted by molar-refractivity contribution is 1.04. The van der Waals surface area contributed by atoms with Crippen LogP contribution in [0.3, 0.4) is 0 Å². The van der Waals surface area contributed by atoms with Crippen LogP contribution < -0.4 is 11.2 Å². The van der Waals surface area contributed by atoms with E-state index in [4.69, 9.17) is 23.2 Å². The van der Waals surface area contributed by atoms with Crippen LogP contribution in [0.4, 0.5) is 0 Å². The normalized spacial score (nSPS) is 10.4. The molecule has 82 valence electrons. The van der Waals surface area contributed by atoms with Crippen LogP contribution in [0.25, 0.3) is 11.1 Å². The second kappa shape index (κ2) is 4.15. The van der Waals surface area contributed by atoms with Crippen molar-refractivity contribution in [2.75, 3.05) is 0 Å². The monoisotopic (exact) mass is 256 g/mol. The van der Waals surface area contributed by atoms with E-state index in [1.54, 1.807) is 18.2 Å². The van der Waals surface area contributed by atoms with Gasteiger partial charge in [-0.05, 0) is 23.8 Å². The van der Waals surface area contributed by atoms with Gasteiger partial charge in [0.15, 0.2) is 0 Å². The molecule has 1 heterocycles. The fourth-order valence-corrected chi connectivity index (χ4v) is 1.86. The van der Waals surface area contributed by atoms with E-state index in [9.17, 15) is 9.59 Å². The summed E-state index contributed by atoms with van der Waals surface area (Å²) in [6, 6.07) is 4.75. The fourth-order valence-electron chi connectivity index (χ4n) is 1.33. The van der Waals surface area contributed by atoms with Crippen LogP contribution in [0, 0.1) is 0 Å². The summed E-state index contributed by atoms with van der Waals surface area (Å²) in [6.45, 7) is 0. The second-order valence-electron chi connectivity index (χ2n) is 3.14. The summed E-state index contributed by atoms with van der Waals surface area (Å²) in [4.78, 5) is 26.8. The third-order valence-corrected chi connectivity index (χ3v) is 2.43. The van der Waals surface area contributed by atoms with Crippen molar-refractivity contribution in [2.24, 2.45) is 0 Å². The molecule has 0 bridgehead atoms. The number of aromatic nitrogens is 2. The highest BCUT2D eigenvalue weighted by Crippen LogP contribution is 2.24. The SMILES string of the molecule is O=c1[nH]cc(-c2cc(Cl)cc(Cl)c2)c(=O)[nH]1. The summed E-state index contributed by atoms with van der Waals surface area (Å²) in [6.07, 6.45) is 1.32. The van der Waals surface area contributed by atoms with Crippen LogP contribution in [-0.2, 0) is 0 Å². The van der Waals surface area contributed by atoms with Crippen molar-refractivity contribution >= 4 is 23.2 Å². The molecule has 16 heavy (non-hydrogen) atoms. The van der Waals surface area contributed by atoms with Crippen molar-refractivity contribution in [3.05, 3.63) is 55.3 Å². The molecule has 0 radical (unpaired) electrons. The topological polar surface area (TPSA) is 65.7 Å². The maximum Gasteiger partial charge on any atom is 0.325 e. The van der Waals surface area contributed by atoms with Crippen LogP contribution in [-0.4, -0.2) is 9.97 Å². The zero-order chi connectivity index (χ0) is 11.7. The smallest absolute Gasteiger partial charge is 0.313 e. The van der Waals surface area contributed by atoms with E-state index < -0.39 is 11.2 Å². The molecule has 4 nitrogen and oxygen atoms in total. The Hall–Kier alpha value is -1.52. The lowest BCUT2D eigenvalue weighted by Gasteiger charge is -2.01. The van der Waals surface area contributed by atoms with Gasteiger partial charge in [0, 0.05) is 16.2 Å². The summed E-state index contributed by atoms with van der Waals surface area (Å²) in [5, 5.41) is 0.848. The maximum absolute atomic E-state index is 11.5. The molecule has 2 aromatic rings. The molecule has 6 heteroatoms. The minimum atomic E-state index is -0.554. The van der Waals surface area contributed by atoms with E-state index in [1.807, 2.05) is 0 Å². The summed E-state index contributed by atoms with van der Waals surface area (Å²) in [5.41, 5.74) is -0.178. The zero-order valence-electron chi connectivity index (χ0n) is 7.88. The zero-order valence-corrected chi connectivity index (χ0v) is 9.39. The molecule has 0 aliphatic carbocycles. The first-order valence-corrected chi connectivity index (χ1v) is 5.10. The maximum atomic E-state index is 11.5. The van der Waals surface area contributed by atoms with Crippen molar-refractivity contribution in [3.63, 3.8) is 0 Å². The Morgan fingerprint density at radius 1 is 1.00 bits per heavy atom. The fraction of sp³-hybridized carbons (Fsp3) is 0. The lowest BCUT2D eigenvalue weighted by atomic mass is 10.1. The highest BCUT2D eigenvalue weighted by Gasteiger charge is 2.05. The number of nitrogens with one attached hydrogen (secondary N) is 2. The Morgan fingerprint density at radius 3 is 2.19 bits per heavy atom. The Bertz CT molecular complexity index is 626. The molecule has 0 aliphatic rings. The largest absolute Gasteiger partial charge is 0.325 e.